The fraction of sp³-hybridized carbons (Fsp3) is 0.833. The molecule has 2 aliphatic carbocycles. The number of nitrogens with one attached hydrogen (secondary N) is 1. The van der Waals surface area contributed by atoms with Gasteiger partial charge in [0.2, 0.25) is 0 Å². The Labute approximate surface area is 133 Å². The van der Waals surface area contributed by atoms with Gasteiger partial charge in [-0.05, 0) is 69.2 Å². The second-order valence-electron chi connectivity index (χ2n) is 8.02. The molecule has 0 aliphatic heterocycles. The third-order valence-corrected chi connectivity index (χ3v) is 6.90. The van der Waals surface area contributed by atoms with Gasteiger partial charge in [0.1, 0.15) is 5.01 Å². The van der Waals surface area contributed by atoms with Gasteiger partial charge in [0.15, 0.2) is 0 Å². The van der Waals surface area contributed by atoms with E-state index in [1.54, 1.807) is 4.88 Å². The number of hydrogen-bond acceptors (Lipinski definition) is 3. The molecular formula is C18H30N2S. The van der Waals surface area contributed by atoms with Crippen LogP contribution < -0.4 is 5.32 Å². The molecule has 1 unspecified atom stereocenters. The predicted octanol–water partition coefficient (Wildman–Crippen LogP) is 4.74. The highest BCUT2D eigenvalue weighted by Crippen LogP contribution is 2.44. The fourth-order valence-corrected chi connectivity index (χ4v) is 5.58. The molecule has 3 heteroatoms. The predicted molar refractivity (Wildman–Crippen MR) is 90.8 cm³/mol. The molecule has 2 aliphatic rings. The topological polar surface area (TPSA) is 24.9 Å². The Balaban J connectivity index is 1.67. The minimum Gasteiger partial charge on any atom is -0.311 e. The fourth-order valence-electron chi connectivity index (χ4n) is 4.22. The van der Waals surface area contributed by atoms with Crippen molar-refractivity contribution in [3.63, 3.8) is 0 Å². The Morgan fingerprint density at radius 1 is 1.14 bits per heavy atom. The van der Waals surface area contributed by atoms with Crippen LogP contribution in [0.4, 0.5) is 0 Å². The minimum atomic E-state index is 0.475. The van der Waals surface area contributed by atoms with Crippen molar-refractivity contribution < 1.29 is 0 Å². The SMILES string of the molecule is CNC(c1nc2c(s1)CCC2)C1CCC(C(C)(C)C)CC1. The van der Waals surface area contributed by atoms with Gasteiger partial charge in [0.05, 0.1) is 11.7 Å². The van der Waals surface area contributed by atoms with E-state index < -0.39 is 0 Å². The maximum Gasteiger partial charge on any atom is 0.110 e. The first kappa shape index (κ1) is 15.5. The van der Waals surface area contributed by atoms with Crippen LogP contribution in [0, 0.1) is 17.3 Å². The van der Waals surface area contributed by atoms with E-state index in [9.17, 15) is 0 Å². The van der Waals surface area contributed by atoms with E-state index in [-0.39, 0.29) is 0 Å². The van der Waals surface area contributed by atoms with E-state index in [1.807, 2.05) is 11.3 Å². The molecule has 1 saturated carbocycles. The van der Waals surface area contributed by atoms with E-state index in [0.717, 1.165) is 11.8 Å². The normalized spacial score (nSPS) is 27.6. The summed E-state index contributed by atoms with van der Waals surface area (Å²) in [7, 11) is 2.12. The smallest absolute Gasteiger partial charge is 0.110 e. The zero-order valence-electron chi connectivity index (χ0n) is 14.0. The molecule has 0 saturated heterocycles. The number of fused-ring (bicyclic) bond motifs is 1. The van der Waals surface area contributed by atoms with Crippen LogP contribution in [0.25, 0.3) is 0 Å². The Morgan fingerprint density at radius 2 is 1.86 bits per heavy atom. The van der Waals surface area contributed by atoms with Crippen LogP contribution in [0.5, 0.6) is 0 Å². The van der Waals surface area contributed by atoms with Gasteiger partial charge in [-0.3, -0.25) is 0 Å². The van der Waals surface area contributed by atoms with E-state index >= 15 is 0 Å². The number of hydrogen-bond donors (Lipinski definition) is 1. The van der Waals surface area contributed by atoms with Crippen molar-refractivity contribution in [1.29, 1.82) is 0 Å². The van der Waals surface area contributed by atoms with E-state index in [1.165, 1.54) is 55.6 Å². The first-order valence-corrected chi connectivity index (χ1v) is 9.46. The molecular weight excluding hydrogens is 276 g/mol. The second kappa shape index (κ2) is 6.00. The Morgan fingerprint density at radius 3 is 2.43 bits per heavy atom. The van der Waals surface area contributed by atoms with E-state index in [4.69, 9.17) is 4.98 Å². The van der Waals surface area contributed by atoms with Gasteiger partial charge in [-0.25, -0.2) is 4.98 Å². The molecule has 118 valence electrons. The Hall–Kier alpha value is -0.410. The van der Waals surface area contributed by atoms with Gasteiger partial charge in [-0.15, -0.1) is 11.3 Å². The summed E-state index contributed by atoms with van der Waals surface area (Å²) < 4.78 is 0. The van der Waals surface area contributed by atoms with Crippen LogP contribution >= 0.6 is 11.3 Å². The van der Waals surface area contributed by atoms with Crippen molar-refractivity contribution in [2.24, 2.45) is 17.3 Å². The van der Waals surface area contributed by atoms with Crippen LogP contribution in [0.2, 0.25) is 0 Å². The van der Waals surface area contributed by atoms with Gasteiger partial charge in [-0.1, -0.05) is 20.8 Å². The number of rotatable bonds is 3. The average Bonchev–Trinajstić information content (AvgIpc) is 3.00. The first-order valence-electron chi connectivity index (χ1n) is 8.64. The van der Waals surface area contributed by atoms with Crippen molar-refractivity contribution in [1.82, 2.24) is 10.3 Å². The lowest BCUT2D eigenvalue weighted by Crippen LogP contribution is -2.32. The zero-order chi connectivity index (χ0) is 15.0. The third-order valence-electron chi connectivity index (χ3n) is 5.66. The highest BCUT2D eigenvalue weighted by molar-refractivity contribution is 7.11. The van der Waals surface area contributed by atoms with E-state index in [0.29, 0.717) is 11.5 Å². The lowest BCUT2D eigenvalue weighted by molar-refractivity contribution is 0.134. The van der Waals surface area contributed by atoms with Crippen LogP contribution in [0.1, 0.15) is 74.5 Å². The number of nitrogens with zero attached hydrogens (tertiary/aromatic N) is 1. The summed E-state index contributed by atoms with van der Waals surface area (Å²) >= 11 is 1.98. The summed E-state index contributed by atoms with van der Waals surface area (Å²) in [6, 6.07) is 0.488. The highest BCUT2D eigenvalue weighted by Gasteiger charge is 2.34. The molecule has 1 aromatic heterocycles. The summed E-state index contributed by atoms with van der Waals surface area (Å²) in [6.07, 6.45) is 9.28. The van der Waals surface area contributed by atoms with Gasteiger partial charge in [0.25, 0.3) is 0 Å². The van der Waals surface area contributed by atoms with Crippen molar-refractivity contribution in [3.05, 3.63) is 15.6 Å². The maximum absolute atomic E-state index is 4.96. The molecule has 1 atom stereocenters. The summed E-state index contributed by atoms with van der Waals surface area (Å²) in [5.41, 5.74) is 1.88. The Bertz CT molecular complexity index is 456. The molecule has 0 amide bonds. The van der Waals surface area contributed by atoms with Gasteiger partial charge >= 0.3 is 0 Å². The molecule has 1 N–H and O–H groups in total. The molecule has 0 aromatic carbocycles. The third kappa shape index (κ3) is 3.19. The van der Waals surface area contributed by atoms with Crippen LogP contribution in [-0.2, 0) is 12.8 Å². The molecule has 1 heterocycles. The first-order chi connectivity index (χ1) is 9.99. The van der Waals surface area contributed by atoms with Crippen LogP contribution in [-0.4, -0.2) is 12.0 Å². The van der Waals surface area contributed by atoms with Crippen molar-refractivity contribution in [3.8, 4) is 0 Å². The van der Waals surface area contributed by atoms with Gasteiger partial charge in [-0.2, -0.15) is 0 Å². The summed E-state index contributed by atoms with van der Waals surface area (Å²) in [6.45, 7) is 7.21. The minimum absolute atomic E-state index is 0.475. The maximum atomic E-state index is 4.96. The molecule has 2 nitrogen and oxygen atoms in total. The van der Waals surface area contributed by atoms with E-state index in [2.05, 4.69) is 33.1 Å². The lowest BCUT2D eigenvalue weighted by Gasteiger charge is -2.39. The monoisotopic (exact) mass is 306 g/mol. The van der Waals surface area contributed by atoms with Crippen LogP contribution in [0.3, 0.4) is 0 Å². The average molecular weight is 307 g/mol. The van der Waals surface area contributed by atoms with Crippen molar-refractivity contribution in [2.75, 3.05) is 7.05 Å². The standard InChI is InChI=1S/C18H30N2S/c1-18(2,3)13-10-8-12(9-11-13)16(19-4)17-20-14-6-5-7-15(14)21-17/h12-13,16,19H,5-11H2,1-4H3. The molecule has 1 aromatic rings. The molecule has 0 spiro atoms. The summed E-state index contributed by atoms with van der Waals surface area (Å²) in [5, 5.41) is 4.94. The largest absolute Gasteiger partial charge is 0.311 e. The molecule has 3 rings (SSSR count). The highest BCUT2D eigenvalue weighted by atomic mass is 32.1. The number of aromatic nitrogens is 1. The lowest BCUT2D eigenvalue weighted by atomic mass is 9.68. The molecule has 1 fully saturated rings. The summed E-state index contributed by atoms with van der Waals surface area (Å²) in [4.78, 5) is 6.52. The number of thiazole rings is 1. The van der Waals surface area contributed by atoms with Gasteiger partial charge in [0, 0.05) is 4.88 Å². The molecule has 21 heavy (non-hydrogen) atoms. The number of aryl methyl sites for hydroxylation is 2. The second-order valence-corrected chi connectivity index (χ2v) is 9.13. The zero-order valence-corrected chi connectivity index (χ0v) is 14.9. The van der Waals surface area contributed by atoms with Gasteiger partial charge < -0.3 is 5.32 Å². The van der Waals surface area contributed by atoms with Crippen molar-refractivity contribution >= 4 is 11.3 Å². The van der Waals surface area contributed by atoms with Crippen molar-refractivity contribution in [2.45, 2.75) is 71.8 Å². The molecule has 0 bridgehead atoms. The quantitative estimate of drug-likeness (QED) is 0.872. The summed E-state index contributed by atoms with van der Waals surface area (Å²) in [5.74, 6) is 1.67. The molecule has 0 radical (unpaired) electrons. The Kier molecular flexibility index (Phi) is 4.42. The van der Waals surface area contributed by atoms with Crippen LogP contribution in [0.15, 0.2) is 0 Å².